The molecule has 9 nitrogen and oxygen atoms in total. The van der Waals surface area contributed by atoms with Gasteiger partial charge in [0.25, 0.3) is 5.91 Å². The van der Waals surface area contributed by atoms with Crippen molar-refractivity contribution < 1.29 is 24.2 Å². The molecule has 0 saturated heterocycles. The highest BCUT2D eigenvalue weighted by atomic mass is 16.5. The van der Waals surface area contributed by atoms with Gasteiger partial charge < -0.3 is 30.3 Å². The molecule has 2 fully saturated rings. The maximum Gasteiger partial charge on any atom is 0.317 e. The average molecular weight is 501 g/mol. The minimum atomic E-state index is -0.425. The molecule has 36 heavy (non-hydrogen) atoms. The zero-order valence-electron chi connectivity index (χ0n) is 21.7. The number of para-hydroxylation sites is 1. The first kappa shape index (κ1) is 26.3. The summed E-state index contributed by atoms with van der Waals surface area (Å²) in [5, 5.41) is 15.9. The predicted molar refractivity (Wildman–Crippen MR) is 137 cm³/mol. The lowest BCUT2D eigenvalue weighted by atomic mass is 9.96. The summed E-state index contributed by atoms with van der Waals surface area (Å²) in [5.74, 6) is -0.128. The molecule has 2 aliphatic carbocycles. The molecule has 0 bridgehead atoms. The van der Waals surface area contributed by atoms with Gasteiger partial charge in [-0.2, -0.15) is 0 Å². The Labute approximate surface area is 213 Å². The lowest BCUT2D eigenvalue weighted by molar-refractivity contribution is -0.117. The molecule has 1 aromatic carbocycles. The molecule has 4 amide bonds. The maximum atomic E-state index is 13.5. The van der Waals surface area contributed by atoms with E-state index >= 15 is 0 Å². The van der Waals surface area contributed by atoms with E-state index in [2.05, 4.69) is 10.6 Å². The Hall–Kier alpha value is -2.81. The van der Waals surface area contributed by atoms with Crippen molar-refractivity contribution in [2.24, 2.45) is 11.8 Å². The molecule has 1 heterocycles. The highest BCUT2D eigenvalue weighted by Gasteiger charge is 2.36. The van der Waals surface area contributed by atoms with Gasteiger partial charge >= 0.3 is 6.03 Å². The first-order chi connectivity index (χ1) is 17.3. The number of nitrogens with zero attached hydrogens (tertiary/aromatic N) is 2. The van der Waals surface area contributed by atoms with Crippen LogP contribution in [0.15, 0.2) is 18.2 Å². The zero-order valence-corrected chi connectivity index (χ0v) is 21.7. The minimum Gasteiger partial charge on any atom is -0.485 e. The summed E-state index contributed by atoms with van der Waals surface area (Å²) in [7, 11) is 1.76. The second kappa shape index (κ2) is 11.5. The van der Waals surface area contributed by atoms with Crippen molar-refractivity contribution in [1.29, 1.82) is 0 Å². The minimum absolute atomic E-state index is 0.000333. The number of ether oxygens (including phenoxy) is 1. The average Bonchev–Trinajstić information content (AvgIpc) is 3.72. The fourth-order valence-electron chi connectivity index (χ4n) is 5.02. The number of likely N-dealkylation sites (N-methyl/N-ethyl adjacent to an activating group) is 1. The van der Waals surface area contributed by atoms with E-state index in [9.17, 15) is 19.5 Å². The van der Waals surface area contributed by atoms with Crippen molar-refractivity contribution in [3.63, 3.8) is 0 Å². The van der Waals surface area contributed by atoms with Crippen molar-refractivity contribution in [3.8, 4) is 5.75 Å². The fourth-order valence-corrected chi connectivity index (χ4v) is 5.02. The SMILES string of the molecule is C[C@@H]1CN([C@@H](C)CO)C(=O)c2cccc(NC(=O)C3CC3)c2O[C@@H]1CN(C)C(=O)NC1CCCCC1. The standard InChI is InChI=1S/C27H40N4O5/c1-17-14-31(18(2)16-32)26(34)21-10-7-11-22(29-25(33)19-12-13-19)24(21)36-23(17)15-30(3)27(35)28-20-8-5-4-6-9-20/h7,10-11,17-20,23,32H,4-6,8-9,12-16H2,1-3H3,(H,28,35)(H,29,33)/t17-,18+,23-/m1/s1. The Kier molecular flexibility index (Phi) is 8.39. The van der Waals surface area contributed by atoms with Gasteiger partial charge in [-0.15, -0.1) is 0 Å². The molecule has 0 radical (unpaired) electrons. The summed E-state index contributed by atoms with van der Waals surface area (Å²) in [4.78, 5) is 42.4. The Morgan fingerprint density at radius 2 is 1.92 bits per heavy atom. The molecule has 0 unspecified atom stereocenters. The third-order valence-corrected chi connectivity index (χ3v) is 7.63. The first-order valence-corrected chi connectivity index (χ1v) is 13.3. The Morgan fingerprint density at radius 1 is 1.19 bits per heavy atom. The van der Waals surface area contributed by atoms with Gasteiger partial charge in [0.1, 0.15) is 6.10 Å². The summed E-state index contributed by atoms with van der Waals surface area (Å²) >= 11 is 0. The first-order valence-electron chi connectivity index (χ1n) is 13.3. The molecule has 9 heteroatoms. The fraction of sp³-hybridized carbons (Fsp3) is 0.667. The molecular formula is C27H40N4O5. The van der Waals surface area contributed by atoms with Crippen LogP contribution >= 0.6 is 0 Å². The molecule has 198 valence electrons. The lowest BCUT2D eigenvalue weighted by Crippen LogP contribution is -2.52. The van der Waals surface area contributed by atoms with Crippen LogP contribution in [0.2, 0.25) is 0 Å². The molecule has 2 saturated carbocycles. The molecule has 4 rings (SSSR count). The van der Waals surface area contributed by atoms with E-state index in [0.717, 1.165) is 38.5 Å². The van der Waals surface area contributed by atoms with E-state index in [1.807, 2.05) is 13.8 Å². The number of fused-ring (bicyclic) bond motifs is 1. The van der Waals surface area contributed by atoms with Crippen molar-refractivity contribution >= 4 is 23.5 Å². The number of hydrogen-bond acceptors (Lipinski definition) is 5. The van der Waals surface area contributed by atoms with Crippen LogP contribution in [-0.4, -0.2) is 77.7 Å². The van der Waals surface area contributed by atoms with Crippen LogP contribution in [0.3, 0.4) is 0 Å². The molecule has 1 aromatic rings. The van der Waals surface area contributed by atoms with Gasteiger partial charge in [0, 0.05) is 31.5 Å². The van der Waals surface area contributed by atoms with Crippen LogP contribution < -0.4 is 15.4 Å². The van der Waals surface area contributed by atoms with E-state index in [1.54, 1.807) is 35.0 Å². The number of amides is 4. The highest BCUT2D eigenvalue weighted by Crippen LogP contribution is 2.37. The highest BCUT2D eigenvalue weighted by molar-refractivity contribution is 6.02. The van der Waals surface area contributed by atoms with Crippen LogP contribution in [0.25, 0.3) is 0 Å². The quantitative estimate of drug-likeness (QED) is 0.532. The molecule has 3 aliphatic rings. The van der Waals surface area contributed by atoms with Gasteiger partial charge in [-0.05, 0) is 44.7 Å². The summed E-state index contributed by atoms with van der Waals surface area (Å²) in [6.07, 6.45) is 6.80. The van der Waals surface area contributed by atoms with Crippen molar-refractivity contribution in [2.75, 3.05) is 32.1 Å². The van der Waals surface area contributed by atoms with E-state index < -0.39 is 6.10 Å². The second-order valence-electron chi connectivity index (χ2n) is 10.7. The van der Waals surface area contributed by atoms with Gasteiger partial charge in [-0.25, -0.2) is 4.79 Å². The van der Waals surface area contributed by atoms with Gasteiger partial charge in [-0.1, -0.05) is 32.3 Å². The smallest absolute Gasteiger partial charge is 0.317 e. The summed E-state index contributed by atoms with van der Waals surface area (Å²) in [6, 6.07) is 4.85. The summed E-state index contributed by atoms with van der Waals surface area (Å²) in [5.41, 5.74) is 0.804. The van der Waals surface area contributed by atoms with Crippen molar-refractivity contribution in [3.05, 3.63) is 23.8 Å². The number of anilines is 1. The number of carbonyl (C=O) groups is 3. The number of nitrogens with one attached hydrogen (secondary N) is 2. The van der Waals surface area contributed by atoms with Crippen LogP contribution in [0.4, 0.5) is 10.5 Å². The lowest BCUT2D eigenvalue weighted by Gasteiger charge is -2.38. The second-order valence-corrected chi connectivity index (χ2v) is 10.7. The van der Waals surface area contributed by atoms with Gasteiger partial charge in [0.2, 0.25) is 5.91 Å². The summed E-state index contributed by atoms with van der Waals surface area (Å²) < 4.78 is 6.48. The Morgan fingerprint density at radius 3 is 2.58 bits per heavy atom. The third-order valence-electron chi connectivity index (χ3n) is 7.63. The zero-order chi connectivity index (χ0) is 25.8. The number of hydrogen-bond donors (Lipinski definition) is 3. The van der Waals surface area contributed by atoms with Crippen LogP contribution in [-0.2, 0) is 4.79 Å². The van der Waals surface area contributed by atoms with Crippen molar-refractivity contribution in [1.82, 2.24) is 15.1 Å². The van der Waals surface area contributed by atoms with Gasteiger partial charge in [0.15, 0.2) is 5.75 Å². The van der Waals surface area contributed by atoms with Crippen LogP contribution in [0.1, 0.15) is 69.2 Å². The largest absolute Gasteiger partial charge is 0.485 e. The Balaban J connectivity index is 1.59. The van der Waals surface area contributed by atoms with Crippen LogP contribution in [0, 0.1) is 11.8 Å². The molecular weight excluding hydrogens is 460 g/mol. The van der Waals surface area contributed by atoms with Crippen LogP contribution in [0.5, 0.6) is 5.75 Å². The molecule has 1 aliphatic heterocycles. The molecule has 0 spiro atoms. The summed E-state index contributed by atoms with van der Waals surface area (Å²) in [6.45, 7) is 4.32. The molecule has 0 aromatic heterocycles. The van der Waals surface area contributed by atoms with Gasteiger partial charge in [0.05, 0.1) is 30.4 Å². The maximum absolute atomic E-state index is 13.5. The van der Waals surface area contributed by atoms with Gasteiger partial charge in [-0.3, -0.25) is 9.59 Å². The van der Waals surface area contributed by atoms with E-state index in [1.165, 1.54) is 6.42 Å². The Bertz CT molecular complexity index is 959. The van der Waals surface area contributed by atoms with E-state index in [0.29, 0.717) is 30.1 Å². The third kappa shape index (κ3) is 6.11. The number of benzene rings is 1. The molecule has 3 N–H and O–H groups in total. The predicted octanol–water partition coefficient (Wildman–Crippen LogP) is 3.23. The van der Waals surface area contributed by atoms with E-state index in [-0.39, 0.29) is 48.4 Å². The van der Waals surface area contributed by atoms with Crippen molar-refractivity contribution in [2.45, 2.75) is 77.0 Å². The normalized spacial score (nSPS) is 23.6. The number of carbonyl (C=O) groups excluding carboxylic acids is 3. The molecule has 3 atom stereocenters. The number of rotatable bonds is 7. The van der Waals surface area contributed by atoms with E-state index in [4.69, 9.17) is 4.74 Å². The monoisotopic (exact) mass is 500 g/mol. The topological polar surface area (TPSA) is 111 Å². The number of aliphatic hydroxyl groups is 1. The number of aliphatic hydroxyl groups excluding tert-OH is 1. The number of urea groups is 1.